The van der Waals surface area contributed by atoms with E-state index in [1.807, 2.05) is 18.9 Å². The first-order valence-corrected chi connectivity index (χ1v) is 10.1. The highest BCUT2D eigenvalue weighted by Gasteiger charge is 2.32. The molecule has 0 saturated carbocycles. The van der Waals surface area contributed by atoms with Gasteiger partial charge in [-0.25, -0.2) is 0 Å². The fraction of sp³-hybridized carbons (Fsp3) is 0.700. The van der Waals surface area contributed by atoms with Gasteiger partial charge in [0.2, 0.25) is 5.91 Å². The number of rotatable bonds is 6. The lowest BCUT2D eigenvalue weighted by atomic mass is 9.92. The van der Waals surface area contributed by atoms with Gasteiger partial charge in [0, 0.05) is 26.2 Å². The minimum atomic E-state index is -0.0937. The van der Waals surface area contributed by atoms with Crippen molar-refractivity contribution in [2.45, 2.75) is 32.2 Å². The van der Waals surface area contributed by atoms with E-state index in [1.54, 1.807) is 17.0 Å². The summed E-state index contributed by atoms with van der Waals surface area (Å²) in [6.45, 7) is 7.39. The van der Waals surface area contributed by atoms with Crippen molar-refractivity contribution in [2.24, 2.45) is 5.92 Å². The fourth-order valence-corrected chi connectivity index (χ4v) is 4.08. The predicted octanol–water partition coefficient (Wildman–Crippen LogP) is 1.27. The highest BCUT2D eigenvalue weighted by atomic mass is 16.3. The minimum absolute atomic E-state index is 0.0809. The van der Waals surface area contributed by atoms with Crippen molar-refractivity contribution in [1.82, 2.24) is 20.0 Å². The Kier molecular flexibility index (Phi) is 6.90. The van der Waals surface area contributed by atoms with Crippen LogP contribution < -0.4 is 5.32 Å². The molecule has 0 aliphatic carbocycles. The second kappa shape index (κ2) is 9.37. The van der Waals surface area contributed by atoms with Gasteiger partial charge in [0.05, 0.1) is 12.3 Å². The normalized spacial score (nSPS) is 20.7. The van der Waals surface area contributed by atoms with Crippen LogP contribution in [-0.4, -0.2) is 85.4 Å². The second-order valence-electron chi connectivity index (χ2n) is 7.64. The molecule has 3 rings (SSSR count). The van der Waals surface area contributed by atoms with E-state index in [1.165, 1.54) is 25.5 Å². The molecule has 1 aromatic heterocycles. The first-order valence-electron chi connectivity index (χ1n) is 10.1. The van der Waals surface area contributed by atoms with Gasteiger partial charge in [-0.1, -0.05) is 0 Å². The highest BCUT2D eigenvalue weighted by Crippen LogP contribution is 2.22. The Hall–Kier alpha value is -1.86. The first-order chi connectivity index (χ1) is 13.1. The summed E-state index contributed by atoms with van der Waals surface area (Å²) in [5.74, 6) is 1.23. The number of hydrogen-bond acceptors (Lipinski definition) is 5. The van der Waals surface area contributed by atoms with Crippen LogP contribution in [-0.2, 0) is 4.79 Å². The third-order valence-electron chi connectivity index (χ3n) is 5.97. The summed E-state index contributed by atoms with van der Waals surface area (Å²) in [5, 5.41) is 3.22. The van der Waals surface area contributed by atoms with Crippen LogP contribution in [0.15, 0.2) is 22.8 Å². The number of hydrogen-bond donors (Lipinski definition) is 1. The second-order valence-corrected chi connectivity index (χ2v) is 7.64. The van der Waals surface area contributed by atoms with Crippen LogP contribution in [0.1, 0.15) is 36.7 Å². The number of carbonyl (C=O) groups is 2. The van der Waals surface area contributed by atoms with Gasteiger partial charge in [0.15, 0.2) is 5.76 Å². The smallest absolute Gasteiger partial charge is 0.289 e. The first kappa shape index (κ1) is 19.9. The van der Waals surface area contributed by atoms with E-state index in [2.05, 4.69) is 10.2 Å². The lowest BCUT2D eigenvalue weighted by Gasteiger charge is -2.40. The number of piperazine rings is 1. The van der Waals surface area contributed by atoms with E-state index >= 15 is 0 Å². The molecule has 1 aromatic rings. The highest BCUT2D eigenvalue weighted by molar-refractivity contribution is 5.91. The monoisotopic (exact) mass is 376 g/mol. The number of piperidine rings is 1. The van der Waals surface area contributed by atoms with Crippen LogP contribution in [0.25, 0.3) is 0 Å². The van der Waals surface area contributed by atoms with Crippen LogP contribution >= 0.6 is 0 Å². The molecule has 1 N–H and O–H groups in total. The molecule has 0 aromatic carbocycles. The molecular weight excluding hydrogens is 344 g/mol. The quantitative estimate of drug-likeness (QED) is 0.810. The Morgan fingerprint density at radius 1 is 1.15 bits per heavy atom. The minimum Gasteiger partial charge on any atom is -0.459 e. The van der Waals surface area contributed by atoms with Crippen molar-refractivity contribution in [3.8, 4) is 0 Å². The molecule has 27 heavy (non-hydrogen) atoms. The molecule has 1 atom stereocenters. The molecule has 0 radical (unpaired) electrons. The van der Waals surface area contributed by atoms with Gasteiger partial charge in [-0.3, -0.25) is 14.5 Å². The van der Waals surface area contributed by atoms with E-state index in [0.29, 0.717) is 31.9 Å². The van der Waals surface area contributed by atoms with E-state index < -0.39 is 0 Å². The van der Waals surface area contributed by atoms with E-state index in [0.717, 1.165) is 25.6 Å². The van der Waals surface area contributed by atoms with Crippen molar-refractivity contribution in [1.29, 1.82) is 0 Å². The summed E-state index contributed by atoms with van der Waals surface area (Å²) in [7, 11) is 2.00. The van der Waals surface area contributed by atoms with Gasteiger partial charge < -0.3 is 19.5 Å². The SMILES string of the molecule is CNCCC1CCN(C(C)C(=O)N2CCN(C(=O)c3ccco3)CC2)CC1. The Balaban J connectivity index is 1.44. The standard InChI is InChI=1S/C20H32N4O3/c1-16(22-9-6-17(7-10-22)5-8-21-2)19(25)23-11-13-24(14-12-23)20(26)18-4-3-15-27-18/h3-4,15-17,21H,5-14H2,1-2H3. The van der Waals surface area contributed by atoms with Gasteiger partial charge in [-0.15, -0.1) is 0 Å². The number of nitrogens with one attached hydrogen (secondary N) is 1. The molecule has 7 nitrogen and oxygen atoms in total. The van der Waals surface area contributed by atoms with E-state index in [9.17, 15) is 9.59 Å². The molecule has 2 amide bonds. The molecule has 1 unspecified atom stereocenters. The Labute approximate surface area is 161 Å². The van der Waals surface area contributed by atoms with Crippen molar-refractivity contribution in [3.05, 3.63) is 24.2 Å². The number of amides is 2. The van der Waals surface area contributed by atoms with Crippen molar-refractivity contribution in [3.63, 3.8) is 0 Å². The number of likely N-dealkylation sites (tertiary alicyclic amines) is 1. The average molecular weight is 377 g/mol. The van der Waals surface area contributed by atoms with E-state index in [-0.39, 0.29) is 17.9 Å². The zero-order valence-electron chi connectivity index (χ0n) is 16.5. The van der Waals surface area contributed by atoms with Crippen molar-refractivity contribution < 1.29 is 14.0 Å². The van der Waals surface area contributed by atoms with Gasteiger partial charge in [-0.2, -0.15) is 0 Å². The van der Waals surface area contributed by atoms with Gasteiger partial charge in [0.1, 0.15) is 0 Å². The van der Waals surface area contributed by atoms with E-state index in [4.69, 9.17) is 4.42 Å². The molecule has 2 saturated heterocycles. The topological polar surface area (TPSA) is 69.0 Å². The third kappa shape index (κ3) is 4.90. The summed E-state index contributed by atoms with van der Waals surface area (Å²) >= 11 is 0. The maximum atomic E-state index is 12.9. The summed E-state index contributed by atoms with van der Waals surface area (Å²) in [4.78, 5) is 31.2. The molecule has 2 aliphatic rings. The molecule has 0 bridgehead atoms. The molecule has 3 heterocycles. The predicted molar refractivity (Wildman–Crippen MR) is 103 cm³/mol. The largest absolute Gasteiger partial charge is 0.459 e. The molecule has 2 aliphatic heterocycles. The molecule has 2 fully saturated rings. The molecule has 7 heteroatoms. The van der Waals surface area contributed by atoms with Gasteiger partial charge in [0.25, 0.3) is 5.91 Å². The number of nitrogens with zero attached hydrogens (tertiary/aromatic N) is 3. The third-order valence-corrected chi connectivity index (χ3v) is 5.97. The van der Waals surface area contributed by atoms with Crippen LogP contribution in [0, 0.1) is 5.92 Å². The van der Waals surface area contributed by atoms with Gasteiger partial charge >= 0.3 is 0 Å². The van der Waals surface area contributed by atoms with Crippen LogP contribution in [0.3, 0.4) is 0 Å². The lowest BCUT2D eigenvalue weighted by molar-refractivity contribution is -0.138. The molecule has 150 valence electrons. The zero-order valence-corrected chi connectivity index (χ0v) is 16.5. The average Bonchev–Trinajstić information content (AvgIpc) is 3.26. The zero-order chi connectivity index (χ0) is 19.2. The number of furan rings is 1. The Bertz CT molecular complexity index is 603. The van der Waals surface area contributed by atoms with Gasteiger partial charge in [-0.05, 0) is 70.9 Å². The summed E-state index contributed by atoms with van der Waals surface area (Å²) in [6, 6.07) is 3.32. The fourth-order valence-electron chi connectivity index (χ4n) is 4.08. The maximum absolute atomic E-state index is 12.9. The lowest BCUT2D eigenvalue weighted by Crippen LogP contribution is -2.56. The maximum Gasteiger partial charge on any atom is 0.289 e. The van der Waals surface area contributed by atoms with Crippen molar-refractivity contribution in [2.75, 3.05) is 52.9 Å². The van der Waals surface area contributed by atoms with Crippen LogP contribution in [0.5, 0.6) is 0 Å². The molecule has 0 spiro atoms. The summed E-state index contributed by atoms with van der Waals surface area (Å²) in [6.07, 6.45) is 5.07. The Morgan fingerprint density at radius 2 is 1.81 bits per heavy atom. The van der Waals surface area contributed by atoms with Crippen LogP contribution in [0.2, 0.25) is 0 Å². The van der Waals surface area contributed by atoms with Crippen molar-refractivity contribution >= 4 is 11.8 Å². The summed E-state index contributed by atoms with van der Waals surface area (Å²) < 4.78 is 5.19. The number of carbonyl (C=O) groups excluding carboxylic acids is 2. The summed E-state index contributed by atoms with van der Waals surface area (Å²) in [5.41, 5.74) is 0. The Morgan fingerprint density at radius 3 is 2.41 bits per heavy atom. The van der Waals surface area contributed by atoms with Crippen LogP contribution in [0.4, 0.5) is 0 Å². The molecular formula is C20H32N4O3.